The van der Waals surface area contributed by atoms with Crippen molar-refractivity contribution in [2.45, 2.75) is 16.1 Å². The highest BCUT2D eigenvalue weighted by Gasteiger charge is 2.30. The summed E-state index contributed by atoms with van der Waals surface area (Å²) in [5.74, 6) is 0.502. The third kappa shape index (κ3) is 2.92. The first kappa shape index (κ1) is 15.6. The van der Waals surface area contributed by atoms with Gasteiger partial charge in [0.25, 0.3) is 5.56 Å². The van der Waals surface area contributed by atoms with Crippen LogP contribution >= 0.6 is 27.7 Å². The molecule has 116 valence electrons. The quantitative estimate of drug-likeness (QED) is 0.786. The summed E-state index contributed by atoms with van der Waals surface area (Å²) in [6.45, 7) is 0. The second-order valence-corrected chi connectivity index (χ2v) is 8.81. The molecule has 0 amide bonds. The fourth-order valence-corrected chi connectivity index (χ4v) is 5.37. The van der Waals surface area contributed by atoms with Gasteiger partial charge in [-0.25, -0.2) is 13.4 Å². The minimum atomic E-state index is -3.48. The maximum atomic E-state index is 12.5. The summed E-state index contributed by atoms with van der Waals surface area (Å²) in [6, 6.07) is 7.24. The molecule has 0 spiro atoms. The number of benzene rings is 1. The molecule has 9 heteroatoms. The van der Waals surface area contributed by atoms with E-state index in [1.807, 2.05) is 0 Å². The standard InChI is InChI=1S/C13H12BrN3O3S2/c14-8-1-3-10(4-2-8)22(19,20)7-9-6-21-13-16-11(15)5-12(18)17(9)13/h1-5,9H,6-7,15H2. The zero-order chi connectivity index (χ0) is 15.9. The highest BCUT2D eigenvalue weighted by Crippen LogP contribution is 2.32. The monoisotopic (exact) mass is 401 g/mol. The Labute approximate surface area is 139 Å². The number of anilines is 1. The van der Waals surface area contributed by atoms with Crippen LogP contribution in [0.1, 0.15) is 6.04 Å². The van der Waals surface area contributed by atoms with Crippen molar-refractivity contribution in [2.75, 3.05) is 17.2 Å². The molecule has 1 aromatic heterocycles. The first-order valence-electron chi connectivity index (χ1n) is 6.37. The number of nitrogen functional groups attached to an aromatic ring is 1. The molecule has 0 saturated heterocycles. The van der Waals surface area contributed by atoms with E-state index in [2.05, 4.69) is 20.9 Å². The Morgan fingerprint density at radius 3 is 2.73 bits per heavy atom. The van der Waals surface area contributed by atoms with Crippen molar-refractivity contribution in [2.24, 2.45) is 0 Å². The van der Waals surface area contributed by atoms with Crippen molar-refractivity contribution >= 4 is 43.3 Å². The Bertz CT molecular complexity index is 878. The molecule has 2 N–H and O–H groups in total. The first-order valence-corrected chi connectivity index (χ1v) is 9.80. The normalized spacial score (nSPS) is 17.4. The number of sulfone groups is 1. The number of fused-ring (bicyclic) bond motifs is 1. The number of nitrogens with zero attached hydrogens (tertiary/aromatic N) is 2. The Balaban J connectivity index is 1.93. The van der Waals surface area contributed by atoms with E-state index in [9.17, 15) is 13.2 Å². The van der Waals surface area contributed by atoms with Gasteiger partial charge in [0.15, 0.2) is 15.0 Å². The summed E-state index contributed by atoms with van der Waals surface area (Å²) in [5, 5.41) is 0.473. The third-order valence-electron chi connectivity index (χ3n) is 3.29. The number of aromatic nitrogens is 2. The van der Waals surface area contributed by atoms with Gasteiger partial charge in [-0.1, -0.05) is 27.7 Å². The Hall–Kier alpha value is -1.32. The van der Waals surface area contributed by atoms with Gasteiger partial charge in [-0.05, 0) is 24.3 Å². The zero-order valence-corrected chi connectivity index (χ0v) is 14.5. The van der Waals surface area contributed by atoms with Crippen LogP contribution in [0.2, 0.25) is 0 Å². The van der Waals surface area contributed by atoms with Gasteiger partial charge in [-0.3, -0.25) is 9.36 Å². The molecule has 0 aliphatic carbocycles. The van der Waals surface area contributed by atoms with Crippen molar-refractivity contribution in [3.63, 3.8) is 0 Å². The minimum Gasteiger partial charge on any atom is -0.383 e. The van der Waals surface area contributed by atoms with Crippen LogP contribution in [-0.4, -0.2) is 29.5 Å². The molecule has 0 fully saturated rings. The molecule has 6 nitrogen and oxygen atoms in total. The van der Waals surface area contributed by atoms with E-state index in [0.29, 0.717) is 10.9 Å². The average molecular weight is 402 g/mol. The van der Waals surface area contributed by atoms with Gasteiger partial charge in [0.1, 0.15) is 5.82 Å². The molecule has 1 aliphatic rings. The van der Waals surface area contributed by atoms with Gasteiger partial charge in [0.2, 0.25) is 0 Å². The molecule has 0 radical (unpaired) electrons. The number of halogens is 1. The van der Waals surface area contributed by atoms with E-state index >= 15 is 0 Å². The summed E-state index contributed by atoms with van der Waals surface area (Å²) in [5.41, 5.74) is 5.23. The van der Waals surface area contributed by atoms with E-state index in [-0.39, 0.29) is 22.0 Å². The third-order valence-corrected chi connectivity index (χ3v) is 6.73. The van der Waals surface area contributed by atoms with Crippen LogP contribution in [0.15, 0.2) is 49.7 Å². The molecule has 2 aromatic rings. The predicted octanol–water partition coefficient (Wildman–Crippen LogP) is 1.71. The first-order chi connectivity index (χ1) is 10.4. The van der Waals surface area contributed by atoms with Crippen LogP contribution in [0.4, 0.5) is 5.82 Å². The van der Waals surface area contributed by atoms with Crippen LogP contribution in [0.3, 0.4) is 0 Å². The maximum Gasteiger partial charge on any atom is 0.256 e. The maximum absolute atomic E-state index is 12.5. The van der Waals surface area contributed by atoms with E-state index < -0.39 is 15.9 Å². The highest BCUT2D eigenvalue weighted by atomic mass is 79.9. The fourth-order valence-electron chi connectivity index (χ4n) is 2.28. The van der Waals surface area contributed by atoms with Gasteiger partial charge in [0, 0.05) is 16.3 Å². The second kappa shape index (κ2) is 5.71. The summed E-state index contributed by atoms with van der Waals surface area (Å²) in [6.07, 6.45) is 0. The summed E-state index contributed by atoms with van der Waals surface area (Å²) < 4.78 is 27.2. The SMILES string of the molecule is Nc1cc(=O)n2c(n1)SCC2CS(=O)(=O)c1ccc(Br)cc1. The number of thioether (sulfide) groups is 1. The molecule has 1 unspecified atom stereocenters. The Morgan fingerprint density at radius 2 is 2.05 bits per heavy atom. The molecule has 22 heavy (non-hydrogen) atoms. The number of hydrogen-bond donors (Lipinski definition) is 1. The molecular weight excluding hydrogens is 390 g/mol. The van der Waals surface area contributed by atoms with E-state index in [1.165, 1.54) is 22.4 Å². The predicted molar refractivity (Wildman–Crippen MR) is 88.9 cm³/mol. The topological polar surface area (TPSA) is 95.1 Å². The number of rotatable bonds is 3. The summed E-state index contributed by atoms with van der Waals surface area (Å²) in [7, 11) is -3.48. The molecule has 2 heterocycles. The van der Waals surface area contributed by atoms with Crippen molar-refractivity contribution in [1.29, 1.82) is 0 Å². The lowest BCUT2D eigenvalue weighted by molar-refractivity contribution is 0.528. The van der Waals surface area contributed by atoms with Crippen molar-refractivity contribution < 1.29 is 8.42 Å². The molecule has 3 rings (SSSR count). The van der Waals surface area contributed by atoms with E-state index in [0.717, 1.165) is 4.47 Å². The fraction of sp³-hybridized carbons (Fsp3) is 0.231. The van der Waals surface area contributed by atoms with Crippen molar-refractivity contribution in [3.05, 3.63) is 45.2 Å². The highest BCUT2D eigenvalue weighted by molar-refractivity contribution is 9.10. The Kier molecular flexibility index (Phi) is 4.04. The summed E-state index contributed by atoms with van der Waals surface area (Å²) in [4.78, 5) is 16.4. The van der Waals surface area contributed by atoms with E-state index in [4.69, 9.17) is 5.73 Å². The molecule has 0 saturated carbocycles. The lowest BCUT2D eigenvalue weighted by Crippen LogP contribution is -2.29. The molecule has 1 aromatic carbocycles. The van der Waals surface area contributed by atoms with Crippen LogP contribution in [-0.2, 0) is 9.84 Å². The summed E-state index contributed by atoms with van der Waals surface area (Å²) >= 11 is 4.62. The largest absolute Gasteiger partial charge is 0.383 e. The van der Waals surface area contributed by atoms with Crippen molar-refractivity contribution in [1.82, 2.24) is 9.55 Å². The van der Waals surface area contributed by atoms with Gasteiger partial charge in [-0.15, -0.1) is 0 Å². The van der Waals surface area contributed by atoms with Gasteiger partial charge < -0.3 is 5.73 Å². The lowest BCUT2D eigenvalue weighted by atomic mass is 10.4. The number of hydrogen-bond acceptors (Lipinski definition) is 6. The van der Waals surface area contributed by atoms with Crippen molar-refractivity contribution in [3.8, 4) is 0 Å². The lowest BCUT2D eigenvalue weighted by Gasteiger charge is -2.13. The van der Waals surface area contributed by atoms with Gasteiger partial charge >= 0.3 is 0 Å². The smallest absolute Gasteiger partial charge is 0.256 e. The van der Waals surface area contributed by atoms with Crippen LogP contribution in [0.25, 0.3) is 0 Å². The molecule has 0 bridgehead atoms. The van der Waals surface area contributed by atoms with Crippen LogP contribution in [0, 0.1) is 0 Å². The average Bonchev–Trinajstić information content (AvgIpc) is 2.81. The van der Waals surface area contributed by atoms with Crippen LogP contribution < -0.4 is 11.3 Å². The Morgan fingerprint density at radius 1 is 1.36 bits per heavy atom. The van der Waals surface area contributed by atoms with Gasteiger partial charge in [-0.2, -0.15) is 0 Å². The second-order valence-electron chi connectivity index (χ2n) is 4.87. The zero-order valence-electron chi connectivity index (χ0n) is 11.3. The van der Waals surface area contributed by atoms with E-state index in [1.54, 1.807) is 24.3 Å². The molecular formula is C13H12BrN3O3S2. The van der Waals surface area contributed by atoms with Gasteiger partial charge in [0.05, 0.1) is 16.7 Å². The molecule has 1 atom stereocenters. The van der Waals surface area contributed by atoms with Crippen LogP contribution in [0.5, 0.6) is 0 Å². The minimum absolute atomic E-state index is 0.139. The number of nitrogens with two attached hydrogens (primary N) is 1. The molecule has 1 aliphatic heterocycles.